The monoisotopic (exact) mass is 300 g/mol. The highest BCUT2D eigenvalue weighted by molar-refractivity contribution is 4.90. The van der Waals surface area contributed by atoms with Gasteiger partial charge in [0.15, 0.2) is 0 Å². The molecule has 4 heteroatoms. The number of nitrogens with zero attached hydrogens (tertiary/aromatic N) is 1. The first kappa shape index (κ1) is 18.9. The first-order chi connectivity index (χ1) is 9.82. The molecule has 1 aliphatic heterocycles. The second-order valence-electron chi connectivity index (χ2n) is 7.58. The van der Waals surface area contributed by atoms with Crippen molar-refractivity contribution >= 4 is 0 Å². The lowest BCUT2D eigenvalue weighted by atomic mass is 9.78. The number of likely N-dealkylation sites (N-methyl/N-ethyl adjacent to an activating group) is 1. The van der Waals surface area contributed by atoms with Crippen molar-refractivity contribution < 1.29 is 9.47 Å². The molecular weight excluding hydrogens is 264 g/mol. The van der Waals surface area contributed by atoms with Crippen LogP contribution in [-0.2, 0) is 9.47 Å². The van der Waals surface area contributed by atoms with Gasteiger partial charge >= 0.3 is 0 Å². The summed E-state index contributed by atoms with van der Waals surface area (Å²) in [5.74, 6) is 0. The molecule has 1 heterocycles. The summed E-state index contributed by atoms with van der Waals surface area (Å²) < 4.78 is 10.9. The molecule has 4 nitrogen and oxygen atoms in total. The molecule has 0 radical (unpaired) electrons. The molecule has 21 heavy (non-hydrogen) atoms. The molecule has 0 amide bonds. The first-order valence-electron chi connectivity index (χ1n) is 8.38. The first-order valence-corrected chi connectivity index (χ1v) is 8.38. The molecule has 1 fully saturated rings. The molecule has 0 aromatic rings. The third-order valence-corrected chi connectivity index (χ3v) is 4.52. The zero-order chi connectivity index (χ0) is 15.9. The van der Waals surface area contributed by atoms with Gasteiger partial charge in [0.05, 0.1) is 6.61 Å². The number of rotatable bonds is 8. The standard InChI is InChI=1S/C17H36N2O2/c1-7-19(15(2)12-20-6)14-17(8-10-21-11-9-17)13-18-16(3,4)5/h15,18H,7-14H2,1-6H3. The predicted octanol–water partition coefficient (Wildman–Crippen LogP) is 2.53. The molecular formula is C17H36N2O2. The fourth-order valence-electron chi connectivity index (χ4n) is 3.00. The summed E-state index contributed by atoms with van der Waals surface area (Å²) in [5.41, 5.74) is 0.490. The number of hydrogen-bond acceptors (Lipinski definition) is 4. The number of methoxy groups -OCH3 is 1. The third-order valence-electron chi connectivity index (χ3n) is 4.52. The maximum Gasteiger partial charge on any atom is 0.0615 e. The third kappa shape index (κ3) is 6.64. The van der Waals surface area contributed by atoms with E-state index in [-0.39, 0.29) is 5.54 Å². The molecule has 1 atom stereocenters. The smallest absolute Gasteiger partial charge is 0.0615 e. The normalized spacial score (nSPS) is 20.7. The highest BCUT2D eigenvalue weighted by atomic mass is 16.5. The van der Waals surface area contributed by atoms with E-state index in [9.17, 15) is 0 Å². The zero-order valence-corrected chi connectivity index (χ0v) is 15.0. The number of hydrogen-bond donors (Lipinski definition) is 1. The topological polar surface area (TPSA) is 33.7 Å². The molecule has 0 bridgehead atoms. The van der Waals surface area contributed by atoms with E-state index in [0.717, 1.165) is 52.3 Å². The Morgan fingerprint density at radius 2 is 1.90 bits per heavy atom. The van der Waals surface area contributed by atoms with Gasteiger partial charge in [-0.3, -0.25) is 4.90 Å². The van der Waals surface area contributed by atoms with Crippen LogP contribution in [0.3, 0.4) is 0 Å². The summed E-state index contributed by atoms with van der Waals surface area (Å²) in [6, 6.07) is 0.467. The van der Waals surface area contributed by atoms with E-state index < -0.39 is 0 Å². The van der Waals surface area contributed by atoms with Crippen LogP contribution in [0, 0.1) is 5.41 Å². The molecule has 1 rings (SSSR count). The van der Waals surface area contributed by atoms with Crippen molar-refractivity contribution in [2.45, 2.75) is 59.0 Å². The molecule has 126 valence electrons. The van der Waals surface area contributed by atoms with Gasteiger partial charge in [-0.2, -0.15) is 0 Å². The summed E-state index contributed by atoms with van der Waals surface area (Å²) in [6.45, 7) is 17.1. The van der Waals surface area contributed by atoms with Crippen molar-refractivity contribution in [1.82, 2.24) is 10.2 Å². The van der Waals surface area contributed by atoms with Crippen LogP contribution in [0.1, 0.15) is 47.5 Å². The number of ether oxygens (including phenoxy) is 2. The van der Waals surface area contributed by atoms with Gasteiger partial charge in [-0.05, 0) is 52.5 Å². The second-order valence-corrected chi connectivity index (χ2v) is 7.58. The predicted molar refractivity (Wildman–Crippen MR) is 88.8 cm³/mol. The average Bonchev–Trinajstić information content (AvgIpc) is 2.43. The Morgan fingerprint density at radius 3 is 2.38 bits per heavy atom. The second kappa shape index (κ2) is 8.47. The minimum atomic E-state index is 0.167. The molecule has 1 unspecified atom stereocenters. The molecule has 0 saturated carbocycles. The van der Waals surface area contributed by atoms with Crippen LogP contribution in [0.25, 0.3) is 0 Å². The Bertz CT molecular complexity index is 283. The minimum absolute atomic E-state index is 0.167. The molecule has 0 aromatic heterocycles. The zero-order valence-electron chi connectivity index (χ0n) is 15.0. The van der Waals surface area contributed by atoms with Gasteiger partial charge in [0.2, 0.25) is 0 Å². The van der Waals surface area contributed by atoms with E-state index in [2.05, 4.69) is 44.8 Å². The summed E-state index contributed by atoms with van der Waals surface area (Å²) in [5, 5.41) is 3.72. The van der Waals surface area contributed by atoms with E-state index >= 15 is 0 Å². The molecule has 0 aromatic carbocycles. The summed E-state index contributed by atoms with van der Waals surface area (Å²) in [6.07, 6.45) is 2.29. The maximum atomic E-state index is 5.61. The van der Waals surface area contributed by atoms with E-state index in [0.29, 0.717) is 11.5 Å². The summed E-state index contributed by atoms with van der Waals surface area (Å²) in [7, 11) is 1.79. The van der Waals surface area contributed by atoms with Gasteiger partial charge in [-0.1, -0.05) is 6.92 Å². The van der Waals surface area contributed by atoms with E-state index in [1.807, 2.05) is 0 Å². The SMILES string of the molecule is CCN(CC1(CNC(C)(C)C)CCOCC1)C(C)COC. The highest BCUT2D eigenvalue weighted by Gasteiger charge is 2.35. The van der Waals surface area contributed by atoms with E-state index in [1.54, 1.807) is 7.11 Å². The van der Waals surface area contributed by atoms with Crippen LogP contribution in [0.5, 0.6) is 0 Å². The van der Waals surface area contributed by atoms with E-state index in [1.165, 1.54) is 0 Å². The Balaban J connectivity index is 2.71. The lowest BCUT2D eigenvalue weighted by molar-refractivity contribution is -0.0187. The van der Waals surface area contributed by atoms with Gasteiger partial charge in [-0.15, -0.1) is 0 Å². The van der Waals surface area contributed by atoms with Crippen molar-refractivity contribution in [2.24, 2.45) is 5.41 Å². The fourth-order valence-corrected chi connectivity index (χ4v) is 3.00. The Morgan fingerprint density at radius 1 is 1.29 bits per heavy atom. The van der Waals surface area contributed by atoms with Crippen molar-refractivity contribution in [3.05, 3.63) is 0 Å². The lowest BCUT2D eigenvalue weighted by Gasteiger charge is -2.44. The van der Waals surface area contributed by atoms with Gasteiger partial charge in [0.1, 0.15) is 0 Å². The quantitative estimate of drug-likeness (QED) is 0.747. The molecule has 0 spiro atoms. The van der Waals surface area contributed by atoms with Gasteiger partial charge < -0.3 is 14.8 Å². The molecule has 0 aliphatic carbocycles. The van der Waals surface area contributed by atoms with Gasteiger partial charge in [0.25, 0.3) is 0 Å². The fraction of sp³-hybridized carbons (Fsp3) is 1.00. The Hall–Kier alpha value is -0.160. The van der Waals surface area contributed by atoms with Crippen LogP contribution < -0.4 is 5.32 Å². The highest BCUT2D eigenvalue weighted by Crippen LogP contribution is 2.32. The van der Waals surface area contributed by atoms with Crippen molar-refractivity contribution in [2.75, 3.05) is 46.6 Å². The number of nitrogens with one attached hydrogen (secondary N) is 1. The van der Waals surface area contributed by atoms with Crippen molar-refractivity contribution in [1.29, 1.82) is 0 Å². The summed E-state index contributed by atoms with van der Waals surface area (Å²) in [4.78, 5) is 2.55. The maximum absolute atomic E-state index is 5.61. The molecule has 1 N–H and O–H groups in total. The Kier molecular flexibility index (Phi) is 7.62. The van der Waals surface area contributed by atoms with Gasteiger partial charge in [0, 0.05) is 45.0 Å². The largest absolute Gasteiger partial charge is 0.383 e. The van der Waals surface area contributed by atoms with Crippen LogP contribution in [0.4, 0.5) is 0 Å². The molecule has 1 aliphatic rings. The van der Waals surface area contributed by atoms with Crippen molar-refractivity contribution in [3.8, 4) is 0 Å². The summed E-state index contributed by atoms with van der Waals surface area (Å²) >= 11 is 0. The minimum Gasteiger partial charge on any atom is -0.383 e. The van der Waals surface area contributed by atoms with Gasteiger partial charge in [-0.25, -0.2) is 0 Å². The molecule has 1 saturated heterocycles. The van der Waals surface area contributed by atoms with Crippen LogP contribution in [0.2, 0.25) is 0 Å². The van der Waals surface area contributed by atoms with Crippen LogP contribution >= 0.6 is 0 Å². The Labute approximate surface area is 131 Å². The average molecular weight is 300 g/mol. The van der Waals surface area contributed by atoms with Crippen LogP contribution in [0.15, 0.2) is 0 Å². The lowest BCUT2D eigenvalue weighted by Crippen LogP contribution is -2.53. The van der Waals surface area contributed by atoms with Crippen LogP contribution in [-0.4, -0.2) is 63.0 Å². The van der Waals surface area contributed by atoms with Crippen molar-refractivity contribution in [3.63, 3.8) is 0 Å². The van der Waals surface area contributed by atoms with E-state index in [4.69, 9.17) is 9.47 Å².